The van der Waals surface area contributed by atoms with Crippen LogP contribution in [-0.4, -0.2) is 28.4 Å². The summed E-state index contributed by atoms with van der Waals surface area (Å²) in [5, 5.41) is 6.35. The minimum Gasteiger partial charge on any atom is -0.483 e. The first-order valence-corrected chi connectivity index (χ1v) is 10.1. The number of aromatic amines is 1. The minimum absolute atomic E-state index is 0.228. The van der Waals surface area contributed by atoms with Crippen molar-refractivity contribution in [3.05, 3.63) is 53.4 Å². The Kier molecular flexibility index (Phi) is 4.42. The lowest BCUT2D eigenvalue weighted by molar-refractivity contribution is -0.130. The van der Waals surface area contributed by atoms with Gasteiger partial charge in [0.2, 0.25) is 5.91 Å². The maximum atomic E-state index is 12.5. The number of benzene rings is 1. The Morgan fingerprint density at radius 1 is 1.23 bits per heavy atom. The summed E-state index contributed by atoms with van der Waals surface area (Å²) in [5.41, 5.74) is 3.10. The van der Waals surface area contributed by atoms with Gasteiger partial charge in [-0.1, -0.05) is 19.9 Å². The molecule has 3 N–H and O–H groups in total. The molecule has 30 heavy (non-hydrogen) atoms. The van der Waals surface area contributed by atoms with Crippen molar-refractivity contribution in [3.63, 3.8) is 0 Å². The molecule has 0 unspecified atom stereocenters. The van der Waals surface area contributed by atoms with E-state index in [1.165, 1.54) is 0 Å². The van der Waals surface area contributed by atoms with E-state index in [0.717, 1.165) is 33.5 Å². The highest BCUT2D eigenvalue weighted by molar-refractivity contribution is 6.09. The van der Waals surface area contributed by atoms with Crippen molar-refractivity contribution >= 4 is 34.9 Å². The first-order valence-electron chi connectivity index (χ1n) is 10.1. The SMILES string of the molecule is C=CC(C)(C)c1[nH]c2c3c(ccc2c1/C=C1\NC(=O)[C@H](C)NC1=O)OC(C)(C)C=C3. The summed E-state index contributed by atoms with van der Waals surface area (Å²) < 4.78 is 6.12. The third-order valence-electron chi connectivity index (χ3n) is 5.73. The average Bonchev–Trinajstić information content (AvgIpc) is 3.04. The van der Waals surface area contributed by atoms with Gasteiger partial charge in [-0.2, -0.15) is 0 Å². The second kappa shape index (κ2) is 6.62. The first kappa shape index (κ1) is 20.0. The Morgan fingerprint density at radius 2 is 1.97 bits per heavy atom. The molecule has 3 heterocycles. The minimum atomic E-state index is -0.556. The number of carbonyl (C=O) groups is 2. The predicted molar refractivity (Wildman–Crippen MR) is 119 cm³/mol. The molecule has 1 aromatic carbocycles. The molecule has 156 valence electrons. The number of H-pyrrole nitrogens is 1. The number of rotatable bonds is 3. The summed E-state index contributed by atoms with van der Waals surface area (Å²) in [6, 6.07) is 3.38. The average molecular weight is 405 g/mol. The lowest BCUT2D eigenvalue weighted by atomic mass is 9.86. The Morgan fingerprint density at radius 3 is 2.67 bits per heavy atom. The van der Waals surface area contributed by atoms with Gasteiger partial charge in [0.05, 0.1) is 5.52 Å². The number of hydrogen-bond acceptors (Lipinski definition) is 3. The van der Waals surface area contributed by atoms with Crippen LogP contribution in [0.15, 0.2) is 36.6 Å². The fraction of sp³-hybridized carbons (Fsp3) is 0.333. The van der Waals surface area contributed by atoms with Crippen molar-refractivity contribution in [2.45, 2.75) is 51.7 Å². The van der Waals surface area contributed by atoms with E-state index in [9.17, 15) is 9.59 Å². The van der Waals surface area contributed by atoms with Crippen LogP contribution in [0.5, 0.6) is 5.75 Å². The zero-order valence-electron chi connectivity index (χ0n) is 18.0. The summed E-state index contributed by atoms with van der Waals surface area (Å²) in [6.45, 7) is 13.8. The number of piperazine rings is 1. The second-order valence-electron chi connectivity index (χ2n) is 9.02. The molecule has 2 aromatic rings. The molecule has 2 aliphatic heterocycles. The highest BCUT2D eigenvalue weighted by atomic mass is 16.5. The van der Waals surface area contributed by atoms with Crippen LogP contribution in [0.3, 0.4) is 0 Å². The summed E-state index contributed by atoms with van der Waals surface area (Å²) >= 11 is 0. The van der Waals surface area contributed by atoms with Crippen LogP contribution in [0, 0.1) is 0 Å². The highest BCUT2D eigenvalue weighted by Crippen LogP contribution is 2.41. The van der Waals surface area contributed by atoms with Gasteiger partial charge in [0.1, 0.15) is 23.1 Å². The van der Waals surface area contributed by atoms with E-state index < -0.39 is 6.04 Å². The standard InChI is InChI=1S/C24H27N3O3/c1-7-23(3,4)20-16(12-17-22(29)25-13(2)21(28)26-17)14-8-9-18-15(19(14)27-20)10-11-24(5,6)30-18/h7-13,27H,1H2,2-6H3,(H,25,29)(H,26,28)/b17-12-/t13-/m0/s1. The molecular formula is C24H27N3O3. The molecule has 2 amide bonds. The first-order chi connectivity index (χ1) is 14.0. The fourth-order valence-electron chi connectivity index (χ4n) is 3.79. The maximum Gasteiger partial charge on any atom is 0.268 e. The van der Waals surface area contributed by atoms with Crippen molar-refractivity contribution < 1.29 is 14.3 Å². The van der Waals surface area contributed by atoms with Crippen LogP contribution in [0.1, 0.15) is 51.4 Å². The van der Waals surface area contributed by atoms with Crippen LogP contribution in [-0.2, 0) is 15.0 Å². The van der Waals surface area contributed by atoms with Gasteiger partial charge in [-0.3, -0.25) is 9.59 Å². The fourth-order valence-corrected chi connectivity index (χ4v) is 3.79. The number of allylic oxidation sites excluding steroid dienone is 1. The van der Waals surface area contributed by atoms with Crippen LogP contribution in [0.4, 0.5) is 0 Å². The van der Waals surface area contributed by atoms with E-state index in [4.69, 9.17) is 4.74 Å². The zero-order chi connectivity index (χ0) is 21.8. The van der Waals surface area contributed by atoms with Gasteiger partial charge < -0.3 is 20.4 Å². The molecule has 1 aromatic heterocycles. The van der Waals surface area contributed by atoms with Gasteiger partial charge in [0, 0.05) is 27.6 Å². The van der Waals surface area contributed by atoms with E-state index in [2.05, 4.69) is 42.1 Å². The molecule has 1 atom stereocenters. The molecule has 6 heteroatoms. The monoisotopic (exact) mass is 405 g/mol. The maximum absolute atomic E-state index is 12.5. The number of fused-ring (bicyclic) bond motifs is 3. The molecule has 1 saturated heterocycles. The number of nitrogens with one attached hydrogen (secondary N) is 3. The molecule has 0 aliphatic carbocycles. The Balaban J connectivity index is 1.95. The van der Waals surface area contributed by atoms with Crippen LogP contribution in [0.25, 0.3) is 23.1 Å². The Labute approximate surface area is 176 Å². The largest absolute Gasteiger partial charge is 0.483 e. The zero-order valence-corrected chi connectivity index (χ0v) is 18.0. The van der Waals surface area contributed by atoms with Crippen molar-refractivity contribution in [2.75, 3.05) is 0 Å². The van der Waals surface area contributed by atoms with Crippen molar-refractivity contribution in [1.82, 2.24) is 15.6 Å². The van der Waals surface area contributed by atoms with Gasteiger partial charge in [-0.15, -0.1) is 6.58 Å². The lowest BCUT2D eigenvalue weighted by Crippen LogP contribution is -2.53. The lowest BCUT2D eigenvalue weighted by Gasteiger charge is -2.28. The highest BCUT2D eigenvalue weighted by Gasteiger charge is 2.30. The number of hydrogen-bond donors (Lipinski definition) is 3. The molecule has 1 fully saturated rings. The quantitative estimate of drug-likeness (QED) is 0.537. The van der Waals surface area contributed by atoms with Crippen molar-refractivity contribution in [3.8, 4) is 5.75 Å². The van der Waals surface area contributed by atoms with E-state index in [1.807, 2.05) is 38.1 Å². The van der Waals surface area contributed by atoms with Crippen LogP contribution < -0.4 is 15.4 Å². The number of aromatic nitrogens is 1. The molecule has 2 aliphatic rings. The van der Waals surface area contributed by atoms with Crippen LogP contribution >= 0.6 is 0 Å². The number of ether oxygens (including phenoxy) is 1. The molecule has 4 rings (SSSR count). The van der Waals surface area contributed by atoms with Gasteiger partial charge in [0.15, 0.2) is 0 Å². The van der Waals surface area contributed by atoms with Crippen molar-refractivity contribution in [1.29, 1.82) is 0 Å². The van der Waals surface area contributed by atoms with E-state index in [-0.39, 0.29) is 28.5 Å². The molecule has 0 saturated carbocycles. The normalized spacial score (nSPS) is 21.8. The van der Waals surface area contributed by atoms with E-state index in [0.29, 0.717) is 0 Å². The summed E-state index contributed by atoms with van der Waals surface area (Å²) in [6.07, 6.45) is 7.70. The smallest absolute Gasteiger partial charge is 0.268 e. The summed E-state index contributed by atoms with van der Waals surface area (Å²) in [5.74, 6) is 0.263. The van der Waals surface area contributed by atoms with Crippen molar-refractivity contribution in [2.24, 2.45) is 0 Å². The third kappa shape index (κ3) is 3.22. The van der Waals surface area contributed by atoms with Gasteiger partial charge in [-0.05, 0) is 51.1 Å². The van der Waals surface area contributed by atoms with Gasteiger partial charge in [0.25, 0.3) is 5.91 Å². The number of amides is 2. The summed E-state index contributed by atoms with van der Waals surface area (Å²) in [7, 11) is 0. The number of carbonyl (C=O) groups excluding carboxylic acids is 2. The molecule has 0 radical (unpaired) electrons. The molecular weight excluding hydrogens is 378 g/mol. The van der Waals surface area contributed by atoms with Gasteiger partial charge >= 0.3 is 0 Å². The molecule has 0 bridgehead atoms. The topological polar surface area (TPSA) is 83.2 Å². The second-order valence-corrected chi connectivity index (χ2v) is 9.02. The van der Waals surface area contributed by atoms with Crippen LogP contribution in [0.2, 0.25) is 0 Å². The Hall–Kier alpha value is -3.28. The summed E-state index contributed by atoms with van der Waals surface area (Å²) in [4.78, 5) is 28.2. The Bertz CT molecular complexity index is 1150. The van der Waals surface area contributed by atoms with E-state index in [1.54, 1.807) is 13.0 Å². The van der Waals surface area contributed by atoms with Gasteiger partial charge in [-0.25, -0.2) is 0 Å². The molecule has 0 spiro atoms. The van der Waals surface area contributed by atoms with E-state index >= 15 is 0 Å². The molecule has 6 nitrogen and oxygen atoms in total. The third-order valence-corrected chi connectivity index (χ3v) is 5.73. The predicted octanol–water partition coefficient (Wildman–Crippen LogP) is 3.79.